The maximum Gasteiger partial charge on any atom is 0.407 e. The van der Waals surface area contributed by atoms with Crippen molar-refractivity contribution in [2.45, 2.75) is 77.3 Å². The van der Waals surface area contributed by atoms with Crippen LogP contribution >= 0.6 is 0 Å². The van der Waals surface area contributed by atoms with Crippen LogP contribution in [0.2, 0.25) is 0 Å². The third kappa shape index (κ3) is 5.46. The Bertz CT molecular complexity index is 394. The number of nitrogens with one attached hydrogen (secondary N) is 2. The highest BCUT2D eigenvalue weighted by atomic mass is 16.6. The van der Waals surface area contributed by atoms with E-state index in [0.29, 0.717) is 19.4 Å². The lowest BCUT2D eigenvalue weighted by molar-refractivity contribution is -0.141. The van der Waals surface area contributed by atoms with Gasteiger partial charge in [0, 0.05) is 6.61 Å². The summed E-state index contributed by atoms with van der Waals surface area (Å²) >= 11 is 0. The number of amides is 1. The minimum absolute atomic E-state index is 0.0988. The number of hydrogen-bond donors (Lipinski definition) is 3. The number of ether oxygens (including phenoxy) is 2. The largest absolute Gasteiger partial charge is 0.480 e. The van der Waals surface area contributed by atoms with Crippen LogP contribution in [0.1, 0.15) is 47.5 Å². The zero-order valence-corrected chi connectivity index (χ0v) is 14.0. The van der Waals surface area contributed by atoms with Crippen molar-refractivity contribution >= 4 is 12.1 Å². The molecule has 0 spiro atoms. The van der Waals surface area contributed by atoms with E-state index in [0.717, 1.165) is 0 Å². The van der Waals surface area contributed by atoms with Crippen LogP contribution in [0.15, 0.2) is 0 Å². The molecule has 0 radical (unpaired) electrons. The van der Waals surface area contributed by atoms with Crippen molar-refractivity contribution in [2.24, 2.45) is 0 Å². The van der Waals surface area contributed by atoms with Gasteiger partial charge in [0.15, 0.2) is 0 Å². The van der Waals surface area contributed by atoms with Gasteiger partial charge in [-0.1, -0.05) is 6.92 Å². The van der Waals surface area contributed by atoms with E-state index in [-0.39, 0.29) is 18.2 Å². The Morgan fingerprint density at radius 3 is 2.41 bits per heavy atom. The van der Waals surface area contributed by atoms with Gasteiger partial charge in [-0.15, -0.1) is 0 Å². The molecule has 1 aliphatic carbocycles. The lowest BCUT2D eigenvalue weighted by Crippen LogP contribution is -2.68. The SMILES string of the molecule is CCOC1CC(NC(=O)OC(C)(C)C)C1NC(CC)C(=O)O. The Kier molecular flexibility index (Phi) is 6.62. The second-order valence-corrected chi connectivity index (χ2v) is 6.47. The molecule has 0 aromatic rings. The Labute approximate surface area is 131 Å². The zero-order valence-electron chi connectivity index (χ0n) is 14.0. The van der Waals surface area contributed by atoms with Crippen molar-refractivity contribution in [1.29, 1.82) is 0 Å². The van der Waals surface area contributed by atoms with Crippen LogP contribution in [0.4, 0.5) is 4.79 Å². The molecule has 3 N–H and O–H groups in total. The Morgan fingerprint density at radius 1 is 1.32 bits per heavy atom. The summed E-state index contributed by atoms with van der Waals surface area (Å²) in [5, 5.41) is 15.0. The fourth-order valence-electron chi connectivity index (χ4n) is 2.42. The number of alkyl carbamates (subject to hydrolysis) is 1. The van der Waals surface area contributed by atoms with Crippen LogP contribution in [0, 0.1) is 0 Å². The van der Waals surface area contributed by atoms with E-state index in [1.807, 2.05) is 6.92 Å². The number of carboxylic acids is 1. The Balaban J connectivity index is 2.62. The van der Waals surface area contributed by atoms with Gasteiger partial charge in [0.05, 0.1) is 18.2 Å². The first-order chi connectivity index (χ1) is 10.2. The van der Waals surface area contributed by atoms with E-state index in [1.165, 1.54) is 0 Å². The molecule has 0 saturated heterocycles. The van der Waals surface area contributed by atoms with Crippen molar-refractivity contribution in [2.75, 3.05) is 6.61 Å². The molecule has 1 amide bonds. The van der Waals surface area contributed by atoms with Crippen LogP contribution < -0.4 is 10.6 Å². The summed E-state index contributed by atoms with van der Waals surface area (Å²) in [7, 11) is 0. The van der Waals surface area contributed by atoms with Gasteiger partial charge in [-0.05, 0) is 40.5 Å². The molecule has 0 aromatic carbocycles. The molecule has 1 saturated carbocycles. The minimum Gasteiger partial charge on any atom is -0.480 e. The normalized spacial score (nSPS) is 26.0. The summed E-state index contributed by atoms with van der Waals surface area (Å²) in [4.78, 5) is 23.0. The summed E-state index contributed by atoms with van der Waals surface area (Å²) in [6.45, 7) is 9.62. The molecule has 7 nitrogen and oxygen atoms in total. The summed E-state index contributed by atoms with van der Waals surface area (Å²) in [6.07, 6.45) is 0.505. The van der Waals surface area contributed by atoms with E-state index in [9.17, 15) is 9.59 Å². The molecule has 0 heterocycles. The number of carbonyl (C=O) groups is 2. The number of hydrogen-bond acceptors (Lipinski definition) is 5. The van der Waals surface area contributed by atoms with E-state index in [2.05, 4.69) is 10.6 Å². The second kappa shape index (κ2) is 7.78. The number of rotatable bonds is 7. The van der Waals surface area contributed by atoms with Crippen LogP contribution in [0.3, 0.4) is 0 Å². The highest BCUT2D eigenvalue weighted by Gasteiger charge is 2.44. The number of carboxylic acid groups (broad SMARTS) is 1. The Hall–Kier alpha value is -1.34. The molecule has 0 aliphatic heterocycles. The molecule has 1 aliphatic rings. The lowest BCUT2D eigenvalue weighted by atomic mass is 9.82. The average molecular weight is 316 g/mol. The molecule has 128 valence electrons. The van der Waals surface area contributed by atoms with Crippen molar-refractivity contribution in [3.63, 3.8) is 0 Å². The van der Waals surface area contributed by atoms with Gasteiger partial charge in [0.25, 0.3) is 0 Å². The fraction of sp³-hybridized carbons (Fsp3) is 0.867. The smallest absolute Gasteiger partial charge is 0.407 e. The predicted molar refractivity (Wildman–Crippen MR) is 81.8 cm³/mol. The topological polar surface area (TPSA) is 96.9 Å². The van der Waals surface area contributed by atoms with Crippen LogP contribution in [0.5, 0.6) is 0 Å². The molecule has 0 bridgehead atoms. The van der Waals surface area contributed by atoms with Crippen LogP contribution in [-0.4, -0.2) is 53.6 Å². The molecular formula is C15H28N2O5. The highest BCUT2D eigenvalue weighted by Crippen LogP contribution is 2.25. The van der Waals surface area contributed by atoms with E-state index >= 15 is 0 Å². The quantitative estimate of drug-likeness (QED) is 0.659. The average Bonchev–Trinajstić information content (AvgIpc) is 2.35. The summed E-state index contributed by atoms with van der Waals surface area (Å²) in [6, 6.07) is -1.08. The molecule has 7 heteroatoms. The molecular weight excluding hydrogens is 288 g/mol. The first-order valence-corrected chi connectivity index (χ1v) is 7.77. The predicted octanol–water partition coefficient (Wildman–Crippen LogP) is 1.51. The minimum atomic E-state index is -0.902. The van der Waals surface area contributed by atoms with Gasteiger partial charge in [-0.2, -0.15) is 0 Å². The van der Waals surface area contributed by atoms with Crippen molar-refractivity contribution in [3.05, 3.63) is 0 Å². The maximum absolute atomic E-state index is 11.8. The van der Waals surface area contributed by atoms with Gasteiger partial charge in [-0.3, -0.25) is 10.1 Å². The third-order valence-corrected chi connectivity index (χ3v) is 3.50. The van der Waals surface area contributed by atoms with Crippen molar-refractivity contribution in [3.8, 4) is 0 Å². The van der Waals surface area contributed by atoms with E-state index < -0.39 is 23.7 Å². The van der Waals surface area contributed by atoms with Crippen molar-refractivity contribution in [1.82, 2.24) is 10.6 Å². The fourth-order valence-corrected chi connectivity index (χ4v) is 2.42. The number of aliphatic carboxylic acids is 1. The Morgan fingerprint density at radius 2 is 1.95 bits per heavy atom. The van der Waals surface area contributed by atoms with Gasteiger partial charge in [-0.25, -0.2) is 4.79 Å². The molecule has 1 rings (SSSR count). The van der Waals surface area contributed by atoms with Crippen LogP contribution in [0.25, 0.3) is 0 Å². The lowest BCUT2D eigenvalue weighted by Gasteiger charge is -2.45. The standard InChI is InChI=1S/C15H28N2O5/c1-6-9(13(18)19)16-12-10(8-11(12)21-7-2)17-14(20)22-15(3,4)5/h9-12,16H,6-8H2,1-5H3,(H,17,20)(H,18,19). The zero-order chi connectivity index (χ0) is 16.9. The molecule has 22 heavy (non-hydrogen) atoms. The summed E-state index contributed by atoms with van der Waals surface area (Å²) in [5.41, 5.74) is -0.566. The summed E-state index contributed by atoms with van der Waals surface area (Å²) < 4.78 is 10.8. The number of carbonyl (C=O) groups excluding carboxylic acids is 1. The van der Waals surface area contributed by atoms with Gasteiger partial charge < -0.3 is 19.9 Å². The monoisotopic (exact) mass is 316 g/mol. The molecule has 1 fully saturated rings. The third-order valence-electron chi connectivity index (χ3n) is 3.50. The van der Waals surface area contributed by atoms with Crippen molar-refractivity contribution < 1.29 is 24.2 Å². The highest BCUT2D eigenvalue weighted by molar-refractivity contribution is 5.73. The summed E-state index contributed by atoms with van der Waals surface area (Å²) in [5.74, 6) is -0.902. The van der Waals surface area contributed by atoms with E-state index in [4.69, 9.17) is 14.6 Å². The second-order valence-electron chi connectivity index (χ2n) is 6.47. The van der Waals surface area contributed by atoms with Gasteiger partial charge in [0.1, 0.15) is 11.6 Å². The van der Waals surface area contributed by atoms with Gasteiger partial charge in [0.2, 0.25) is 0 Å². The van der Waals surface area contributed by atoms with E-state index in [1.54, 1.807) is 27.7 Å². The maximum atomic E-state index is 11.8. The first-order valence-electron chi connectivity index (χ1n) is 7.77. The van der Waals surface area contributed by atoms with Gasteiger partial charge >= 0.3 is 12.1 Å². The molecule has 0 aromatic heterocycles. The molecule has 4 unspecified atom stereocenters. The molecule has 4 atom stereocenters. The first kappa shape index (κ1) is 18.7. The van der Waals surface area contributed by atoms with Crippen LogP contribution in [-0.2, 0) is 14.3 Å².